The molecule has 0 radical (unpaired) electrons. The first-order chi connectivity index (χ1) is 9.65. The van der Waals surface area contributed by atoms with Crippen LogP contribution in [-0.4, -0.2) is 9.30 Å². The van der Waals surface area contributed by atoms with Crippen LogP contribution >= 0.6 is 23.1 Å². The standard InChI is InChI=1S/C13H7ClN2O3S/c14-10-6-8(16(17)18)4-5-12(10)19-11-2-1-3-13-9(11)7-15-20-13/h1-7H. The molecular formula is C13H7ClN2O3S. The summed E-state index contributed by atoms with van der Waals surface area (Å²) in [5, 5.41) is 11.7. The Bertz CT molecular complexity index is 803. The SMILES string of the molecule is O=[N+]([O-])c1ccc(Oc2cccc3sncc23)c(Cl)c1. The van der Waals surface area contributed by atoms with Gasteiger partial charge in [0.15, 0.2) is 0 Å². The molecule has 0 aliphatic rings. The Balaban J connectivity index is 1.99. The number of non-ortho nitro benzene ring substituents is 1. The molecule has 0 N–H and O–H groups in total. The lowest BCUT2D eigenvalue weighted by molar-refractivity contribution is -0.384. The van der Waals surface area contributed by atoms with Crippen molar-refractivity contribution in [1.29, 1.82) is 0 Å². The number of nitro benzene ring substituents is 1. The van der Waals surface area contributed by atoms with Crippen LogP contribution in [0.15, 0.2) is 42.6 Å². The minimum Gasteiger partial charge on any atom is -0.455 e. The van der Waals surface area contributed by atoms with Crippen LogP contribution < -0.4 is 4.74 Å². The lowest BCUT2D eigenvalue weighted by Gasteiger charge is -2.08. The van der Waals surface area contributed by atoms with E-state index in [0.717, 1.165) is 10.1 Å². The largest absolute Gasteiger partial charge is 0.455 e. The van der Waals surface area contributed by atoms with E-state index in [9.17, 15) is 10.1 Å². The van der Waals surface area contributed by atoms with Crippen molar-refractivity contribution in [2.45, 2.75) is 0 Å². The van der Waals surface area contributed by atoms with Gasteiger partial charge in [-0.15, -0.1) is 0 Å². The predicted octanol–water partition coefficient (Wildman–Crippen LogP) is 4.65. The topological polar surface area (TPSA) is 65.3 Å². The predicted molar refractivity (Wildman–Crippen MR) is 77.8 cm³/mol. The summed E-state index contributed by atoms with van der Waals surface area (Å²) in [4.78, 5) is 10.2. The van der Waals surface area contributed by atoms with Crippen LogP contribution in [0, 0.1) is 10.1 Å². The van der Waals surface area contributed by atoms with Gasteiger partial charge in [-0.05, 0) is 29.7 Å². The summed E-state index contributed by atoms with van der Waals surface area (Å²) in [5.74, 6) is 0.989. The van der Waals surface area contributed by atoms with Gasteiger partial charge in [0, 0.05) is 12.1 Å². The number of aromatic nitrogens is 1. The zero-order chi connectivity index (χ0) is 14.1. The van der Waals surface area contributed by atoms with E-state index in [4.69, 9.17) is 16.3 Å². The van der Waals surface area contributed by atoms with Gasteiger partial charge in [-0.2, -0.15) is 4.37 Å². The Morgan fingerprint density at radius 1 is 1.25 bits per heavy atom. The van der Waals surface area contributed by atoms with Crippen molar-refractivity contribution >= 4 is 38.9 Å². The van der Waals surface area contributed by atoms with Crippen molar-refractivity contribution in [2.75, 3.05) is 0 Å². The molecular weight excluding hydrogens is 300 g/mol. The molecule has 0 bridgehead atoms. The average Bonchev–Trinajstić information content (AvgIpc) is 2.90. The van der Waals surface area contributed by atoms with Gasteiger partial charge >= 0.3 is 0 Å². The molecule has 0 spiro atoms. The van der Waals surface area contributed by atoms with Crippen LogP contribution in [0.1, 0.15) is 0 Å². The summed E-state index contributed by atoms with van der Waals surface area (Å²) in [5.41, 5.74) is -0.0715. The summed E-state index contributed by atoms with van der Waals surface area (Å²) in [6.07, 6.45) is 1.72. The number of nitro groups is 1. The van der Waals surface area contributed by atoms with Crippen molar-refractivity contribution in [3.63, 3.8) is 0 Å². The molecule has 0 fully saturated rings. The first kappa shape index (κ1) is 12.8. The molecule has 2 aromatic carbocycles. The van der Waals surface area contributed by atoms with E-state index in [1.165, 1.54) is 29.7 Å². The molecule has 7 heteroatoms. The van der Waals surface area contributed by atoms with E-state index in [2.05, 4.69) is 4.37 Å². The van der Waals surface area contributed by atoms with E-state index in [1.54, 1.807) is 12.3 Å². The van der Waals surface area contributed by atoms with E-state index < -0.39 is 4.92 Å². The van der Waals surface area contributed by atoms with E-state index in [1.807, 2.05) is 12.1 Å². The lowest BCUT2D eigenvalue weighted by Crippen LogP contribution is -1.90. The number of nitrogens with zero attached hydrogens (tertiary/aromatic N) is 2. The number of rotatable bonds is 3. The lowest BCUT2D eigenvalue weighted by atomic mass is 10.2. The summed E-state index contributed by atoms with van der Waals surface area (Å²) in [6, 6.07) is 9.70. The van der Waals surface area contributed by atoms with Crippen LogP contribution in [0.5, 0.6) is 11.5 Å². The van der Waals surface area contributed by atoms with Gasteiger partial charge in [-0.3, -0.25) is 10.1 Å². The van der Waals surface area contributed by atoms with Crippen molar-refractivity contribution < 1.29 is 9.66 Å². The first-order valence-electron chi connectivity index (χ1n) is 5.60. The maximum absolute atomic E-state index is 10.7. The number of ether oxygens (including phenoxy) is 1. The highest BCUT2D eigenvalue weighted by atomic mass is 35.5. The maximum atomic E-state index is 10.7. The second kappa shape index (κ2) is 5.07. The molecule has 100 valence electrons. The summed E-state index contributed by atoms with van der Waals surface area (Å²) in [7, 11) is 0. The Morgan fingerprint density at radius 3 is 2.85 bits per heavy atom. The maximum Gasteiger partial charge on any atom is 0.271 e. The van der Waals surface area contributed by atoms with Crippen LogP contribution in [0.3, 0.4) is 0 Å². The van der Waals surface area contributed by atoms with Gasteiger partial charge in [0.2, 0.25) is 0 Å². The molecule has 0 saturated heterocycles. The summed E-state index contributed by atoms with van der Waals surface area (Å²) < 4.78 is 10.8. The fraction of sp³-hybridized carbons (Fsp3) is 0. The molecule has 0 aliphatic carbocycles. The van der Waals surface area contributed by atoms with E-state index in [-0.39, 0.29) is 10.7 Å². The third-order valence-corrected chi connectivity index (χ3v) is 3.76. The monoisotopic (exact) mass is 306 g/mol. The zero-order valence-electron chi connectivity index (χ0n) is 9.95. The highest BCUT2D eigenvalue weighted by Crippen LogP contribution is 2.36. The molecule has 5 nitrogen and oxygen atoms in total. The second-order valence-electron chi connectivity index (χ2n) is 3.97. The molecule has 0 aliphatic heterocycles. The first-order valence-corrected chi connectivity index (χ1v) is 6.75. The van der Waals surface area contributed by atoms with Gasteiger partial charge in [-0.1, -0.05) is 17.7 Å². The normalized spacial score (nSPS) is 10.7. The van der Waals surface area contributed by atoms with Crippen LogP contribution in [-0.2, 0) is 0 Å². The number of halogens is 1. The van der Waals surface area contributed by atoms with Gasteiger partial charge in [0.1, 0.15) is 11.5 Å². The minimum atomic E-state index is -0.501. The second-order valence-corrected chi connectivity index (χ2v) is 5.21. The number of hydrogen-bond donors (Lipinski definition) is 0. The molecule has 0 atom stereocenters. The third kappa shape index (κ3) is 2.31. The van der Waals surface area contributed by atoms with Gasteiger partial charge in [0.25, 0.3) is 5.69 Å². The summed E-state index contributed by atoms with van der Waals surface area (Å²) in [6.45, 7) is 0. The van der Waals surface area contributed by atoms with Crippen molar-refractivity contribution in [3.8, 4) is 11.5 Å². The van der Waals surface area contributed by atoms with Crippen LogP contribution in [0.2, 0.25) is 5.02 Å². The molecule has 1 aromatic heterocycles. The fourth-order valence-corrected chi connectivity index (χ4v) is 2.64. The molecule has 0 amide bonds. The van der Waals surface area contributed by atoms with Crippen LogP contribution in [0.4, 0.5) is 5.69 Å². The average molecular weight is 307 g/mol. The quantitative estimate of drug-likeness (QED) is 0.522. The van der Waals surface area contributed by atoms with Gasteiger partial charge < -0.3 is 4.74 Å². The van der Waals surface area contributed by atoms with Gasteiger partial charge in [0.05, 0.1) is 26.2 Å². The molecule has 20 heavy (non-hydrogen) atoms. The molecule has 3 rings (SSSR count). The minimum absolute atomic E-state index is 0.0715. The highest BCUT2D eigenvalue weighted by molar-refractivity contribution is 7.13. The van der Waals surface area contributed by atoms with Crippen molar-refractivity contribution in [2.24, 2.45) is 0 Å². The number of fused-ring (bicyclic) bond motifs is 1. The highest BCUT2D eigenvalue weighted by Gasteiger charge is 2.12. The summed E-state index contributed by atoms with van der Waals surface area (Å²) >= 11 is 7.38. The number of benzene rings is 2. The molecule has 0 unspecified atom stereocenters. The third-order valence-electron chi connectivity index (χ3n) is 2.71. The van der Waals surface area contributed by atoms with E-state index in [0.29, 0.717) is 11.5 Å². The van der Waals surface area contributed by atoms with E-state index >= 15 is 0 Å². The van der Waals surface area contributed by atoms with Crippen molar-refractivity contribution in [1.82, 2.24) is 4.37 Å². The van der Waals surface area contributed by atoms with Gasteiger partial charge in [-0.25, -0.2) is 0 Å². The fourth-order valence-electron chi connectivity index (χ4n) is 1.76. The Morgan fingerprint density at radius 2 is 2.10 bits per heavy atom. The van der Waals surface area contributed by atoms with Crippen molar-refractivity contribution in [3.05, 3.63) is 57.7 Å². The number of hydrogen-bond acceptors (Lipinski definition) is 5. The zero-order valence-corrected chi connectivity index (χ0v) is 11.5. The van der Waals surface area contributed by atoms with Crippen LogP contribution in [0.25, 0.3) is 10.1 Å². The molecule has 1 heterocycles. The Hall–Kier alpha value is -2.18. The Kier molecular flexibility index (Phi) is 3.25. The smallest absolute Gasteiger partial charge is 0.271 e. The Labute approximate surface area is 122 Å². The molecule has 3 aromatic rings. The molecule has 0 saturated carbocycles.